The first-order valence-electron chi connectivity index (χ1n) is 8.59. The summed E-state index contributed by atoms with van der Waals surface area (Å²) in [6.07, 6.45) is 0. The maximum atomic E-state index is 6.17. The standard InChI is InChI=1S/C20H24ClN3S/c1-14-5-4-6-18(16(14)3)22-20(25)24-11-9-23(10-12-24)19-13-17(21)8-7-15(19)2/h4-8,13H,9-12H2,1-3H3,(H,22,25). The lowest BCUT2D eigenvalue weighted by atomic mass is 10.1. The second-order valence-corrected chi connectivity index (χ2v) is 7.41. The van der Waals surface area contributed by atoms with E-state index in [1.54, 1.807) is 0 Å². The van der Waals surface area contributed by atoms with Crippen LogP contribution in [0.2, 0.25) is 5.02 Å². The zero-order chi connectivity index (χ0) is 18.0. The summed E-state index contributed by atoms with van der Waals surface area (Å²) < 4.78 is 0. The van der Waals surface area contributed by atoms with Crippen LogP contribution in [0, 0.1) is 20.8 Å². The van der Waals surface area contributed by atoms with Crippen LogP contribution in [-0.4, -0.2) is 36.2 Å². The third-order valence-electron chi connectivity index (χ3n) is 4.92. The summed E-state index contributed by atoms with van der Waals surface area (Å²) in [5, 5.41) is 5.00. The zero-order valence-electron chi connectivity index (χ0n) is 15.0. The average Bonchev–Trinajstić information content (AvgIpc) is 2.61. The Kier molecular flexibility index (Phi) is 5.50. The van der Waals surface area contributed by atoms with Gasteiger partial charge in [-0.25, -0.2) is 0 Å². The van der Waals surface area contributed by atoms with E-state index in [0.29, 0.717) is 0 Å². The third kappa shape index (κ3) is 4.07. The van der Waals surface area contributed by atoms with E-state index in [2.05, 4.69) is 66.2 Å². The summed E-state index contributed by atoms with van der Waals surface area (Å²) in [5.74, 6) is 0. The van der Waals surface area contributed by atoms with E-state index in [4.69, 9.17) is 23.8 Å². The van der Waals surface area contributed by atoms with E-state index in [1.165, 1.54) is 22.4 Å². The van der Waals surface area contributed by atoms with Gasteiger partial charge in [0, 0.05) is 42.6 Å². The van der Waals surface area contributed by atoms with Crippen molar-refractivity contribution in [1.82, 2.24) is 4.90 Å². The molecule has 0 spiro atoms. The Morgan fingerprint density at radius 1 is 1.00 bits per heavy atom. The van der Waals surface area contributed by atoms with Gasteiger partial charge < -0.3 is 15.1 Å². The van der Waals surface area contributed by atoms with Crippen molar-refractivity contribution >= 4 is 40.3 Å². The largest absolute Gasteiger partial charge is 0.368 e. The van der Waals surface area contributed by atoms with Gasteiger partial charge in [0.1, 0.15) is 0 Å². The van der Waals surface area contributed by atoms with E-state index >= 15 is 0 Å². The molecule has 3 rings (SSSR count). The van der Waals surface area contributed by atoms with Gasteiger partial charge >= 0.3 is 0 Å². The molecule has 0 saturated carbocycles. The monoisotopic (exact) mass is 373 g/mol. The SMILES string of the molecule is Cc1ccc(Cl)cc1N1CCN(C(=S)Nc2cccc(C)c2C)CC1. The van der Waals surface area contributed by atoms with Crippen LogP contribution in [0.15, 0.2) is 36.4 Å². The highest BCUT2D eigenvalue weighted by atomic mass is 35.5. The minimum Gasteiger partial charge on any atom is -0.368 e. The maximum absolute atomic E-state index is 6.17. The van der Waals surface area contributed by atoms with Gasteiger partial charge in [0.2, 0.25) is 0 Å². The van der Waals surface area contributed by atoms with Crippen LogP contribution in [0.3, 0.4) is 0 Å². The van der Waals surface area contributed by atoms with Gasteiger partial charge in [0.15, 0.2) is 5.11 Å². The topological polar surface area (TPSA) is 18.5 Å². The molecule has 1 aliphatic rings. The lowest BCUT2D eigenvalue weighted by molar-refractivity contribution is 0.390. The van der Waals surface area contributed by atoms with Crippen LogP contribution in [0.5, 0.6) is 0 Å². The zero-order valence-corrected chi connectivity index (χ0v) is 16.5. The second kappa shape index (κ2) is 7.63. The number of aryl methyl sites for hydroxylation is 2. The molecule has 2 aromatic rings. The van der Waals surface area contributed by atoms with Gasteiger partial charge in [-0.15, -0.1) is 0 Å². The average molecular weight is 374 g/mol. The van der Waals surface area contributed by atoms with Crippen molar-refractivity contribution in [3.63, 3.8) is 0 Å². The Morgan fingerprint density at radius 3 is 2.44 bits per heavy atom. The first-order chi connectivity index (χ1) is 12.0. The molecule has 1 aliphatic heterocycles. The fourth-order valence-corrected chi connectivity index (χ4v) is 3.61. The lowest BCUT2D eigenvalue weighted by Gasteiger charge is -2.38. The molecule has 0 atom stereocenters. The van der Waals surface area contributed by atoms with E-state index in [9.17, 15) is 0 Å². The van der Waals surface area contributed by atoms with Crippen LogP contribution in [0.25, 0.3) is 0 Å². The van der Waals surface area contributed by atoms with Gasteiger partial charge in [-0.3, -0.25) is 0 Å². The normalized spacial score (nSPS) is 14.6. The molecule has 1 heterocycles. The van der Waals surface area contributed by atoms with Crippen LogP contribution in [0.4, 0.5) is 11.4 Å². The highest BCUT2D eigenvalue weighted by molar-refractivity contribution is 7.80. The number of nitrogens with one attached hydrogen (secondary N) is 1. The maximum Gasteiger partial charge on any atom is 0.173 e. The van der Waals surface area contributed by atoms with Crippen molar-refractivity contribution in [3.05, 3.63) is 58.1 Å². The molecular weight excluding hydrogens is 350 g/mol. The molecule has 132 valence electrons. The summed E-state index contributed by atoms with van der Waals surface area (Å²) in [7, 11) is 0. The van der Waals surface area contributed by atoms with Gasteiger partial charge in [-0.1, -0.05) is 29.8 Å². The third-order valence-corrected chi connectivity index (χ3v) is 5.52. The molecule has 0 aliphatic carbocycles. The molecule has 0 unspecified atom stereocenters. The van der Waals surface area contributed by atoms with Crippen molar-refractivity contribution in [2.24, 2.45) is 0 Å². The van der Waals surface area contributed by atoms with Gasteiger partial charge in [-0.2, -0.15) is 0 Å². The smallest absolute Gasteiger partial charge is 0.173 e. The van der Waals surface area contributed by atoms with Crippen molar-refractivity contribution in [2.75, 3.05) is 36.4 Å². The number of hydrogen-bond donors (Lipinski definition) is 1. The number of thiocarbonyl (C=S) groups is 1. The Morgan fingerprint density at radius 2 is 1.72 bits per heavy atom. The van der Waals surface area contributed by atoms with Crippen molar-refractivity contribution in [1.29, 1.82) is 0 Å². The molecule has 1 N–H and O–H groups in total. The number of hydrogen-bond acceptors (Lipinski definition) is 2. The summed E-state index contributed by atoms with van der Waals surface area (Å²) in [6, 6.07) is 12.3. The molecule has 0 amide bonds. The molecule has 0 aromatic heterocycles. The summed E-state index contributed by atoms with van der Waals surface area (Å²) in [4.78, 5) is 4.63. The molecule has 1 saturated heterocycles. The fourth-order valence-electron chi connectivity index (χ4n) is 3.15. The van der Waals surface area contributed by atoms with Crippen molar-refractivity contribution < 1.29 is 0 Å². The van der Waals surface area contributed by atoms with E-state index < -0.39 is 0 Å². The summed E-state index contributed by atoms with van der Waals surface area (Å²) >= 11 is 11.8. The molecule has 0 bridgehead atoms. The van der Waals surface area contributed by atoms with E-state index in [0.717, 1.165) is 42.0 Å². The van der Waals surface area contributed by atoms with Crippen LogP contribution in [-0.2, 0) is 0 Å². The number of anilines is 2. The van der Waals surface area contributed by atoms with Crippen LogP contribution in [0.1, 0.15) is 16.7 Å². The highest BCUT2D eigenvalue weighted by Crippen LogP contribution is 2.25. The predicted octanol–water partition coefficient (Wildman–Crippen LogP) is 4.78. The molecule has 1 fully saturated rings. The van der Waals surface area contributed by atoms with Gasteiger partial charge in [0.25, 0.3) is 0 Å². The van der Waals surface area contributed by atoms with Crippen LogP contribution < -0.4 is 10.2 Å². The van der Waals surface area contributed by atoms with Gasteiger partial charge in [-0.05, 0) is 67.9 Å². The minimum atomic E-state index is 0.787. The van der Waals surface area contributed by atoms with Crippen LogP contribution >= 0.6 is 23.8 Å². The van der Waals surface area contributed by atoms with Crippen molar-refractivity contribution in [2.45, 2.75) is 20.8 Å². The Bertz CT molecular complexity index is 783. The minimum absolute atomic E-state index is 0.787. The molecular formula is C20H24ClN3S. The predicted molar refractivity (Wildman–Crippen MR) is 112 cm³/mol. The molecule has 0 radical (unpaired) electrons. The fraction of sp³-hybridized carbons (Fsp3) is 0.350. The number of piperazine rings is 1. The number of halogens is 1. The first-order valence-corrected chi connectivity index (χ1v) is 9.37. The van der Waals surface area contributed by atoms with Crippen molar-refractivity contribution in [3.8, 4) is 0 Å². The number of nitrogens with zero attached hydrogens (tertiary/aromatic N) is 2. The quantitative estimate of drug-likeness (QED) is 0.763. The Balaban J connectivity index is 1.63. The summed E-state index contributed by atoms with van der Waals surface area (Å²) in [6.45, 7) is 10.1. The van der Waals surface area contributed by atoms with E-state index in [1.807, 2.05) is 6.07 Å². The molecule has 25 heavy (non-hydrogen) atoms. The number of rotatable bonds is 2. The molecule has 5 heteroatoms. The first kappa shape index (κ1) is 18.0. The Hall–Kier alpha value is -1.78. The highest BCUT2D eigenvalue weighted by Gasteiger charge is 2.20. The number of benzene rings is 2. The lowest BCUT2D eigenvalue weighted by Crippen LogP contribution is -2.50. The molecule has 2 aromatic carbocycles. The summed E-state index contributed by atoms with van der Waals surface area (Å²) in [5.41, 5.74) is 6.10. The van der Waals surface area contributed by atoms with E-state index in [-0.39, 0.29) is 0 Å². The molecule has 3 nitrogen and oxygen atoms in total. The Labute approximate surface area is 160 Å². The second-order valence-electron chi connectivity index (χ2n) is 6.58. The van der Waals surface area contributed by atoms with Gasteiger partial charge in [0.05, 0.1) is 0 Å².